The molecule has 0 heterocycles. The zero-order valence-electron chi connectivity index (χ0n) is 19.7. The van der Waals surface area contributed by atoms with Gasteiger partial charge in [-0.05, 0) is 35.1 Å². The van der Waals surface area contributed by atoms with Crippen molar-refractivity contribution in [2.24, 2.45) is 0 Å². The number of amides is 2. The van der Waals surface area contributed by atoms with E-state index in [2.05, 4.69) is 10.6 Å². The number of carboxylic acid groups (broad SMARTS) is 1. The van der Waals surface area contributed by atoms with Gasteiger partial charge in [0.05, 0.1) is 5.75 Å². The predicted octanol–water partition coefficient (Wildman–Crippen LogP) is 2.70. The van der Waals surface area contributed by atoms with Crippen molar-refractivity contribution >= 4 is 27.8 Å². The molecular formula is C25H30N2O7S. The summed E-state index contributed by atoms with van der Waals surface area (Å²) in [6.45, 7) is 1.89. The Hall–Kier alpha value is -3.40. The molecule has 2 aromatic carbocycles. The molecule has 2 atom stereocenters. The molecule has 3 N–H and O–H groups in total. The molecule has 2 aromatic rings. The molecule has 0 bridgehead atoms. The summed E-state index contributed by atoms with van der Waals surface area (Å²) in [6, 6.07) is 13.4. The summed E-state index contributed by atoms with van der Waals surface area (Å²) < 4.78 is 28.2. The highest BCUT2D eigenvalue weighted by Gasteiger charge is 2.30. The lowest BCUT2D eigenvalue weighted by Crippen LogP contribution is -2.52. The molecule has 1 aliphatic rings. The smallest absolute Gasteiger partial charge is 0.407 e. The highest BCUT2D eigenvalue weighted by Crippen LogP contribution is 2.44. The summed E-state index contributed by atoms with van der Waals surface area (Å²) in [6.07, 6.45) is 0.733. The highest BCUT2D eigenvalue weighted by molar-refractivity contribution is 7.90. The quantitative estimate of drug-likeness (QED) is 0.429. The van der Waals surface area contributed by atoms with Crippen LogP contribution in [0.2, 0.25) is 0 Å². The lowest BCUT2D eigenvalue weighted by molar-refractivity contribution is -0.142. The van der Waals surface area contributed by atoms with Crippen molar-refractivity contribution in [3.05, 3.63) is 59.7 Å². The van der Waals surface area contributed by atoms with Crippen molar-refractivity contribution in [1.29, 1.82) is 0 Å². The molecule has 0 radical (unpaired) electrons. The number of rotatable bonds is 11. The van der Waals surface area contributed by atoms with E-state index in [-0.39, 0.29) is 31.1 Å². The molecule has 2 amide bonds. The van der Waals surface area contributed by atoms with Crippen molar-refractivity contribution in [1.82, 2.24) is 10.6 Å². The van der Waals surface area contributed by atoms with E-state index in [4.69, 9.17) is 4.74 Å². The van der Waals surface area contributed by atoms with Crippen LogP contribution in [0.15, 0.2) is 48.5 Å². The first kappa shape index (κ1) is 26.2. The molecule has 0 aromatic heterocycles. The van der Waals surface area contributed by atoms with Crippen LogP contribution in [0.1, 0.15) is 43.2 Å². The maximum absolute atomic E-state index is 12.7. The van der Waals surface area contributed by atoms with Crippen LogP contribution in [0.3, 0.4) is 0 Å². The Morgan fingerprint density at radius 3 is 2.03 bits per heavy atom. The third-order valence-corrected chi connectivity index (χ3v) is 6.90. The number of ether oxygens (including phenoxy) is 1. The number of hydrogen-bond donors (Lipinski definition) is 3. The van der Waals surface area contributed by atoms with Gasteiger partial charge >= 0.3 is 12.1 Å². The van der Waals surface area contributed by atoms with E-state index in [0.29, 0.717) is 6.42 Å². The van der Waals surface area contributed by atoms with Crippen molar-refractivity contribution < 1.29 is 32.6 Å². The molecule has 1 aliphatic carbocycles. The van der Waals surface area contributed by atoms with E-state index in [0.717, 1.165) is 28.5 Å². The molecule has 35 heavy (non-hydrogen) atoms. The zero-order chi connectivity index (χ0) is 25.6. The summed E-state index contributed by atoms with van der Waals surface area (Å²) in [7, 11) is -3.40. The van der Waals surface area contributed by atoms with Gasteiger partial charge in [-0.25, -0.2) is 18.0 Å². The number of carbonyl (C=O) groups is 3. The van der Waals surface area contributed by atoms with Gasteiger partial charge in [-0.15, -0.1) is 0 Å². The van der Waals surface area contributed by atoms with E-state index < -0.39 is 39.9 Å². The summed E-state index contributed by atoms with van der Waals surface area (Å²) in [5, 5.41) is 14.2. The standard InChI is InChI=1S/C25H30N2O7S/c1-3-8-21(23(28)26-22(24(29)30)13-14-35(2,32)33)27-25(31)34-15-20-18-11-6-4-9-16(18)17-10-5-7-12-19(17)20/h4-7,9-12,20-22H,3,8,13-15H2,1-2H3,(H,26,28)(H,27,31)(H,29,30)/t21-,22?/m1/s1. The predicted molar refractivity (Wildman–Crippen MR) is 131 cm³/mol. The Balaban J connectivity index is 1.63. The second-order valence-electron chi connectivity index (χ2n) is 8.63. The van der Waals surface area contributed by atoms with E-state index in [1.54, 1.807) is 0 Å². The highest BCUT2D eigenvalue weighted by atomic mass is 32.2. The second kappa shape index (κ2) is 11.4. The van der Waals surface area contributed by atoms with Crippen molar-refractivity contribution in [3.8, 4) is 11.1 Å². The maximum atomic E-state index is 12.7. The van der Waals surface area contributed by atoms with E-state index in [1.165, 1.54) is 0 Å². The summed E-state index contributed by atoms with van der Waals surface area (Å²) in [5.41, 5.74) is 4.29. The van der Waals surface area contributed by atoms with Crippen LogP contribution < -0.4 is 10.6 Å². The molecule has 0 saturated heterocycles. The Bertz CT molecular complexity index is 1150. The van der Waals surface area contributed by atoms with Gasteiger partial charge in [0.15, 0.2) is 0 Å². The molecule has 3 rings (SSSR count). The van der Waals surface area contributed by atoms with Gasteiger partial charge in [-0.2, -0.15) is 0 Å². The third-order valence-electron chi connectivity index (χ3n) is 5.92. The molecule has 9 nitrogen and oxygen atoms in total. The van der Waals surface area contributed by atoms with Crippen LogP contribution in [0, 0.1) is 0 Å². The lowest BCUT2D eigenvalue weighted by Gasteiger charge is -2.21. The van der Waals surface area contributed by atoms with Crippen LogP contribution in [-0.2, 0) is 24.2 Å². The Kier molecular flexibility index (Phi) is 8.50. The molecule has 188 valence electrons. The monoisotopic (exact) mass is 502 g/mol. The molecule has 0 spiro atoms. The number of carboxylic acids is 1. The number of aliphatic carboxylic acids is 1. The first-order chi connectivity index (χ1) is 16.6. The number of nitrogens with one attached hydrogen (secondary N) is 2. The van der Waals surface area contributed by atoms with Crippen LogP contribution >= 0.6 is 0 Å². The Morgan fingerprint density at radius 1 is 0.943 bits per heavy atom. The average molecular weight is 503 g/mol. The van der Waals surface area contributed by atoms with Gasteiger partial charge in [0.2, 0.25) is 5.91 Å². The molecule has 10 heteroatoms. The van der Waals surface area contributed by atoms with Gasteiger partial charge in [-0.3, -0.25) is 4.79 Å². The minimum atomic E-state index is -3.40. The van der Waals surface area contributed by atoms with Crippen LogP contribution in [0.5, 0.6) is 0 Å². The minimum Gasteiger partial charge on any atom is -0.480 e. The molecule has 1 unspecified atom stereocenters. The normalized spacial score (nSPS) is 14.3. The topological polar surface area (TPSA) is 139 Å². The van der Waals surface area contributed by atoms with Crippen LogP contribution in [-0.4, -0.2) is 62.2 Å². The van der Waals surface area contributed by atoms with Crippen molar-refractivity contribution in [2.75, 3.05) is 18.6 Å². The van der Waals surface area contributed by atoms with E-state index in [1.807, 2.05) is 55.5 Å². The van der Waals surface area contributed by atoms with E-state index in [9.17, 15) is 27.9 Å². The summed E-state index contributed by atoms with van der Waals surface area (Å²) in [5.74, 6) is -2.58. The fourth-order valence-electron chi connectivity index (χ4n) is 4.20. The fraction of sp³-hybridized carbons (Fsp3) is 0.400. The molecule has 0 fully saturated rings. The minimum absolute atomic E-state index is 0.0758. The fourth-order valence-corrected chi connectivity index (χ4v) is 4.87. The number of benzene rings is 2. The van der Waals surface area contributed by atoms with Gasteiger partial charge in [0, 0.05) is 12.2 Å². The lowest BCUT2D eigenvalue weighted by atomic mass is 9.98. The van der Waals surface area contributed by atoms with Gasteiger partial charge < -0.3 is 20.5 Å². The summed E-state index contributed by atoms with van der Waals surface area (Å²) >= 11 is 0. The number of fused-ring (bicyclic) bond motifs is 3. The van der Waals surface area contributed by atoms with E-state index >= 15 is 0 Å². The number of sulfone groups is 1. The first-order valence-corrected chi connectivity index (χ1v) is 13.5. The Labute approximate surface area is 204 Å². The van der Waals surface area contributed by atoms with Gasteiger partial charge in [0.1, 0.15) is 28.5 Å². The number of alkyl carbamates (subject to hydrolysis) is 1. The average Bonchev–Trinajstić information content (AvgIpc) is 3.13. The number of hydrogen-bond acceptors (Lipinski definition) is 6. The first-order valence-electron chi connectivity index (χ1n) is 11.4. The SMILES string of the molecule is CCC[C@@H](NC(=O)OCC1c2ccccc2-c2ccccc21)C(=O)NC(CCS(C)(=O)=O)C(=O)O. The summed E-state index contributed by atoms with van der Waals surface area (Å²) in [4.78, 5) is 36.8. The molecule has 0 saturated carbocycles. The van der Waals surface area contributed by atoms with Crippen LogP contribution in [0.4, 0.5) is 4.79 Å². The van der Waals surface area contributed by atoms with Crippen molar-refractivity contribution in [2.45, 2.75) is 44.2 Å². The molecule has 0 aliphatic heterocycles. The zero-order valence-corrected chi connectivity index (χ0v) is 20.5. The second-order valence-corrected chi connectivity index (χ2v) is 10.9. The van der Waals surface area contributed by atoms with Gasteiger partial charge in [0.25, 0.3) is 0 Å². The third kappa shape index (κ3) is 6.82. The van der Waals surface area contributed by atoms with Crippen LogP contribution in [0.25, 0.3) is 11.1 Å². The largest absolute Gasteiger partial charge is 0.480 e. The number of carbonyl (C=O) groups excluding carboxylic acids is 2. The molecular weight excluding hydrogens is 472 g/mol. The van der Waals surface area contributed by atoms with Crippen molar-refractivity contribution in [3.63, 3.8) is 0 Å². The van der Waals surface area contributed by atoms with Gasteiger partial charge in [-0.1, -0.05) is 61.9 Å². The maximum Gasteiger partial charge on any atom is 0.407 e. The Morgan fingerprint density at radius 2 is 1.51 bits per heavy atom.